The van der Waals surface area contributed by atoms with Crippen molar-refractivity contribution >= 4 is 0 Å². The van der Waals surface area contributed by atoms with Gasteiger partial charge in [-0.05, 0) is 29.9 Å². The fraction of sp³-hybridized carbons (Fsp3) is 0.500. The summed E-state index contributed by atoms with van der Waals surface area (Å²) in [6.45, 7) is 5.32. The Balaban J connectivity index is 2.50. The van der Waals surface area contributed by atoms with E-state index in [2.05, 4.69) is 43.5 Å². The van der Waals surface area contributed by atoms with E-state index in [1.54, 1.807) is 0 Å². The molecule has 3 N–H and O–H groups in total. The maximum absolute atomic E-state index is 5.22. The van der Waals surface area contributed by atoms with Gasteiger partial charge in [0.2, 0.25) is 0 Å². The molecule has 0 aromatic heterocycles. The zero-order valence-corrected chi connectivity index (χ0v) is 9.09. The Labute approximate surface area is 86.5 Å². The molecule has 0 amide bonds. The van der Waals surface area contributed by atoms with Gasteiger partial charge in [-0.1, -0.05) is 38.1 Å². The predicted molar refractivity (Wildman–Crippen MR) is 60.9 cm³/mol. The second-order valence-electron chi connectivity index (χ2n) is 4.12. The van der Waals surface area contributed by atoms with E-state index in [0.29, 0.717) is 0 Å². The molecule has 1 aromatic carbocycles. The summed E-state index contributed by atoms with van der Waals surface area (Å²) in [5, 5.41) is 0. The molecular weight excluding hydrogens is 172 g/mol. The molecule has 0 spiro atoms. The number of benzene rings is 1. The van der Waals surface area contributed by atoms with E-state index in [1.165, 1.54) is 11.1 Å². The lowest BCUT2D eigenvalue weighted by molar-refractivity contribution is 0.647. The summed E-state index contributed by atoms with van der Waals surface area (Å²) in [7, 11) is 0. The SMILES string of the molecule is CC(C)Cc1ccc(CCNN)cc1. The van der Waals surface area contributed by atoms with Gasteiger partial charge in [-0.15, -0.1) is 0 Å². The van der Waals surface area contributed by atoms with Crippen LogP contribution in [0.1, 0.15) is 25.0 Å². The Kier molecular flexibility index (Phi) is 4.63. The number of hydrogen-bond acceptors (Lipinski definition) is 2. The van der Waals surface area contributed by atoms with Crippen molar-refractivity contribution in [3.05, 3.63) is 35.4 Å². The topological polar surface area (TPSA) is 38.0 Å². The molecule has 2 heteroatoms. The van der Waals surface area contributed by atoms with Crippen LogP contribution in [-0.2, 0) is 12.8 Å². The van der Waals surface area contributed by atoms with Crippen molar-refractivity contribution in [1.29, 1.82) is 0 Å². The second kappa shape index (κ2) is 5.78. The Morgan fingerprint density at radius 2 is 1.71 bits per heavy atom. The maximum Gasteiger partial charge on any atom is 0.0138 e. The minimum Gasteiger partial charge on any atom is -0.271 e. The van der Waals surface area contributed by atoms with Crippen LogP contribution in [0.25, 0.3) is 0 Å². The van der Waals surface area contributed by atoms with Crippen molar-refractivity contribution in [2.75, 3.05) is 6.54 Å². The van der Waals surface area contributed by atoms with Crippen LogP contribution in [0.2, 0.25) is 0 Å². The quantitative estimate of drug-likeness (QED) is 0.552. The summed E-state index contributed by atoms with van der Waals surface area (Å²) in [5.74, 6) is 5.95. The Hall–Kier alpha value is -0.860. The van der Waals surface area contributed by atoms with Crippen molar-refractivity contribution in [1.82, 2.24) is 5.43 Å². The third-order valence-electron chi connectivity index (χ3n) is 2.22. The molecule has 78 valence electrons. The first-order valence-corrected chi connectivity index (χ1v) is 5.23. The number of nitrogens with one attached hydrogen (secondary N) is 1. The van der Waals surface area contributed by atoms with Gasteiger partial charge in [0.05, 0.1) is 0 Å². The molecule has 0 aliphatic heterocycles. The van der Waals surface area contributed by atoms with Gasteiger partial charge in [0.25, 0.3) is 0 Å². The summed E-state index contributed by atoms with van der Waals surface area (Å²) in [4.78, 5) is 0. The first kappa shape index (κ1) is 11.2. The van der Waals surface area contributed by atoms with E-state index in [-0.39, 0.29) is 0 Å². The summed E-state index contributed by atoms with van der Waals surface area (Å²) in [6.07, 6.45) is 2.16. The van der Waals surface area contributed by atoms with Gasteiger partial charge < -0.3 is 0 Å². The Morgan fingerprint density at radius 1 is 1.14 bits per heavy atom. The lowest BCUT2D eigenvalue weighted by atomic mass is 10.0. The Morgan fingerprint density at radius 3 is 2.21 bits per heavy atom. The molecule has 0 aliphatic rings. The number of rotatable bonds is 5. The predicted octanol–water partition coefficient (Wildman–Crippen LogP) is 1.89. The maximum atomic E-state index is 5.22. The molecule has 2 nitrogen and oxygen atoms in total. The van der Waals surface area contributed by atoms with E-state index in [9.17, 15) is 0 Å². The number of hydrazine groups is 1. The van der Waals surface area contributed by atoms with E-state index in [1.807, 2.05) is 0 Å². The average molecular weight is 192 g/mol. The minimum absolute atomic E-state index is 0.728. The molecular formula is C12H20N2. The molecule has 0 saturated carbocycles. The molecule has 0 atom stereocenters. The molecule has 0 heterocycles. The van der Waals surface area contributed by atoms with Gasteiger partial charge in [0.15, 0.2) is 0 Å². The lowest BCUT2D eigenvalue weighted by Crippen LogP contribution is -2.24. The van der Waals surface area contributed by atoms with E-state index in [4.69, 9.17) is 5.84 Å². The molecule has 0 radical (unpaired) electrons. The minimum atomic E-state index is 0.728. The van der Waals surface area contributed by atoms with Gasteiger partial charge in [-0.25, -0.2) is 0 Å². The van der Waals surface area contributed by atoms with Crippen LogP contribution >= 0.6 is 0 Å². The van der Waals surface area contributed by atoms with Gasteiger partial charge in [0, 0.05) is 6.54 Å². The molecule has 1 aromatic rings. The average Bonchev–Trinajstić information content (AvgIpc) is 2.16. The van der Waals surface area contributed by atoms with Crippen molar-refractivity contribution in [3.8, 4) is 0 Å². The molecule has 0 fully saturated rings. The highest BCUT2D eigenvalue weighted by atomic mass is 15.2. The normalized spacial score (nSPS) is 10.9. The molecule has 0 aliphatic carbocycles. The highest BCUT2D eigenvalue weighted by Gasteiger charge is 1.97. The van der Waals surface area contributed by atoms with Gasteiger partial charge >= 0.3 is 0 Å². The van der Waals surface area contributed by atoms with Crippen molar-refractivity contribution < 1.29 is 0 Å². The largest absolute Gasteiger partial charge is 0.271 e. The zero-order valence-electron chi connectivity index (χ0n) is 9.09. The van der Waals surface area contributed by atoms with Crippen LogP contribution in [-0.4, -0.2) is 6.54 Å². The van der Waals surface area contributed by atoms with Crippen LogP contribution in [0, 0.1) is 5.92 Å². The van der Waals surface area contributed by atoms with Gasteiger partial charge in [-0.2, -0.15) is 0 Å². The molecule has 0 saturated heterocycles. The lowest BCUT2D eigenvalue weighted by Gasteiger charge is -2.06. The number of nitrogens with two attached hydrogens (primary N) is 1. The summed E-state index contributed by atoms with van der Waals surface area (Å²) in [6, 6.07) is 8.81. The molecule has 1 rings (SSSR count). The third-order valence-corrected chi connectivity index (χ3v) is 2.22. The summed E-state index contributed by atoms with van der Waals surface area (Å²) < 4.78 is 0. The van der Waals surface area contributed by atoms with Crippen LogP contribution in [0.3, 0.4) is 0 Å². The Bertz CT molecular complexity index is 252. The third kappa shape index (κ3) is 3.90. The van der Waals surface area contributed by atoms with Crippen LogP contribution in [0.5, 0.6) is 0 Å². The first-order valence-electron chi connectivity index (χ1n) is 5.23. The second-order valence-corrected chi connectivity index (χ2v) is 4.12. The van der Waals surface area contributed by atoms with Gasteiger partial charge in [-0.3, -0.25) is 11.3 Å². The van der Waals surface area contributed by atoms with E-state index >= 15 is 0 Å². The van der Waals surface area contributed by atoms with Crippen LogP contribution < -0.4 is 11.3 Å². The van der Waals surface area contributed by atoms with Crippen molar-refractivity contribution in [3.63, 3.8) is 0 Å². The van der Waals surface area contributed by atoms with E-state index < -0.39 is 0 Å². The summed E-state index contributed by atoms with van der Waals surface area (Å²) >= 11 is 0. The fourth-order valence-electron chi connectivity index (χ4n) is 1.53. The highest BCUT2D eigenvalue weighted by Crippen LogP contribution is 2.09. The fourth-order valence-corrected chi connectivity index (χ4v) is 1.53. The molecule has 0 bridgehead atoms. The van der Waals surface area contributed by atoms with Crippen molar-refractivity contribution in [2.24, 2.45) is 11.8 Å². The zero-order chi connectivity index (χ0) is 10.4. The van der Waals surface area contributed by atoms with Gasteiger partial charge in [0.1, 0.15) is 0 Å². The first-order chi connectivity index (χ1) is 6.72. The monoisotopic (exact) mass is 192 g/mol. The standard InChI is InChI=1S/C12H20N2/c1-10(2)9-12-5-3-11(4-6-12)7-8-14-13/h3-6,10,14H,7-9,13H2,1-2H3. The van der Waals surface area contributed by atoms with E-state index in [0.717, 1.165) is 25.3 Å². The smallest absolute Gasteiger partial charge is 0.0138 e. The molecule has 14 heavy (non-hydrogen) atoms. The summed E-state index contributed by atoms with van der Waals surface area (Å²) in [5.41, 5.74) is 5.43. The van der Waals surface area contributed by atoms with Crippen LogP contribution in [0.15, 0.2) is 24.3 Å². The van der Waals surface area contributed by atoms with Crippen molar-refractivity contribution in [2.45, 2.75) is 26.7 Å². The number of hydrogen-bond donors (Lipinski definition) is 2. The molecule has 0 unspecified atom stereocenters. The van der Waals surface area contributed by atoms with Crippen LogP contribution in [0.4, 0.5) is 0 Å². The highest BCUT2D eigenvalue weighted by molar-refractivity contribution is 5.23.